The maximum absolute atomic E-state index is 13.4. The molecule has 2 atom stereocenters. The fraction of sp³-hybridized carbons (Fsp3) is 0.444. The fourth-order valence-corrected chi connectivity index (χ4v) is 3.93. The van der Waals surface area contributed by atoms with Crippen molar-refractivity contribution in [3.05, 3.63) is 53.9 Å². The number of rotatable bonds is 3. The van der Waals surface area contributed by atoms with Crippen LogP contribution in [0.5, 0.6) is 0 Å². The fourth-order valence-electron chi connectivity index (χ4n) is 3.93. The van der Waals surface area contributed by atoms with Gasteiger partial charge in [-0.1, -0.05) is 6.07 Å². The number of likely N-dealkylation sites (tertiary alicyclic amines) is 1. The van der Waals surface area contributed by atoms with Gasteiger partial charge < -0.3 is 4.90 Å². The molecule has 2 aliphatic rings. The minimum atomic E-state index is -0.785. The van der Waals surface area contributed by atoms with Gasteiger partial charge in [0.2, 0.25) is 5.95 Å². The van der Waals surface area contributed by atoms with Crippen LogP contribution in [0.4, 0.5) is 14.7 Å². The standard InChI is InChI=1S/C18H20F2N4/c19-16-3-2-13(8-17(16)20)9-23-10-14-4-7-24(12-15(14)11-23)18-21-5-1-6-22-18/h1-3,5-6,8,14-15H,4,7,9-12H2/t14-,15-/m1/s1. The van der Waals surface area contributed by atoms with Gasteiger partial charge in [-0.2, -0.15) is 0 Å². The highest BCUT2D eigenvalue weighted by molar-refractivity contribution is 5.30. The minimum Gasteiger partial charge on any atom is -0.340 e. The van der Waals surface area contributed by atoms with E-state index in [9.17, 15) is 8.78 Å². The summed E-state index contributed by atoms with van der Waals surface area (Å²) in [4.78, 5) is 13.3. The molecule has 0 amide bonds. The lowest BCUT2D eigenvalue weighted by Gasteiger charge is -2.34. The third-order valence-electron chi connectivity index (χ3n) is 5.10. The Kier molecular flexibility index (Phi) is 4.14. The lowest BCUT2D eigenvalue weighted by molar-refractivity contribution is 0.313. The molecule has 1 aromatic carbocycles. The molecule has 0 bridgehead atoms. The number of hydrogen-bond donors (Lipinski definition) is 0. The van der Waals surface area contributed by atoms with Crippen molar-refractivity contribution in [3.63, 3.8) is 0 Å². The number of fused-ring (bicyclic) bond motifs is 1. The third-order valence-corrected chi connectivity index (χ3v) is 5.10. The Morgan fingerprint density at radius 3 is 2.58 bits per heavy atom. The van der Waals surface area contributed by atoms with Crippen molar-refractivity contribution in [1.82, 2.24) is 14.9 Å². The van der Waals surface area contributed by atoms with Gasteiger partial charge in [-0.25, -0.2) is 18.7 Å². The zero-order chi connectivity index (χ0) is 16.5. The van der Waals surface area contributed by atoms with Gasteiger partial charge in [-0.3, -0.25) is 4.90 Å². The second kappa shape index (κ2) is 6.43. The predicted octanol–water partition coefficient (Wildman–Crippen LogP) is 2.71. The van der Waals surface area contributed by atoms with E-state index in [1.54, 1.807) is 18.5 Å². The van der Waals surface area contributed by atoms with Crippen LogP contribution >= 0.6 is 0 Å². The molecule has 6 heteroatoms. The Labute approximate surface area is 140 Å². The molecular weight excluding hydrogens is 310 g/mol. The predicted molar refractivity (Wildman–Crippen MR) is 87.5 cm³/mol. The maximum Gasteiger partial charge on any atom is 0.225 e. The highest BCUT2D eigenvalue weighted by atomic mass is 19.2. The van der Waals surface area contributed by atoms with Crippen molar-refractivity contribution >= 4 is 5.95 Å². The number of anilines is 1. The van der Waals surface area contributed by atoms with E-state index in [4.69, 9.17) is 0 Å². The molecule has 0 radical (unpaired) electrons. The van der Waals surface area contributed by atoms with Crippen molar-refractivity contribution in [2.75, 3.05) is 31.1 Å². The molecular formula is C18H20F2N4. The number of halogens is 2. The Balaban J connectivity index is 1.40. The molecule has 0 N–H and O–H groups in total. The first-order chi connectivity index (χ1) is 11.7. The van der Waals surface area contributed by atoms with Crippen LogP contribution in [-0.4, -0.2) is 41.0 Å². The molecule has 24 heavy (non-hydrogen) atoms. The van der Waals surface area contributed by atoms with Gasteiger partial charge >= 0.3 is 0 Å². The molecule has 2 fully saturated rings. The first kappa shape index (κ1) is 15.4. The normalized spacial score (nSPS) is 24.2. The van der Waals surface area contributed by atoms with Crippen molar-refractivity contribution in [1.29, 1.82) is 0 Å². The molecule has 0 saturated carbocycles. The van der Waals surface area contributed by atoms with Crippen LogP contribution in [0.1, 0.15) is 12.0 Å². The summed E-state index contributed by atoms with van der Waals surface area (Å²) in [5, 5.41) is 0. The first-order valence-corrected chi connectivity index (χ1v) is 8.37. The Hall–Kier alpha value is -2.08. The highest BCUT2D eigenvalue weighted by Crippen LogP contribution is 2.33. The lowest BCUT2D eigenvalue weighted by atomic mass is 9.89. The summed E-state index contributed by atoms with van der Waals surface area (Å²) in [6.45, 7) is 4.61. The van der Waals surface area contributed by atoms with Gasteiger partial charge in [0, 0.05) is 45.1 Å². The molecule has 1 aromatic heterocycles. The Morgan fingerprint density at radius 1 is 1.00 bits per heavy atom. The average Bonchev–Trinajstić information content (AvgIpc) is 3.00. The smallest absolute Gasteiger partial charge is 0.225 e. The van der Waals surface area contributed by atoms with Crippen LogP contribution in [0.25, 0.3) is 0 Å². The molecule has 126 valence electrons. The molecule has 2 saturated heterocycles. The number of hydrogen-bond acceptors (Lipinski definition) is 4. The molecule has 3 heterocycles. The zero-order valence-electron chi connectivity index (χ0n) is 13.4. The van der Waals surface area contributed by atoms with E-state index < -0.39 is 11.6 Å². The SMILES string of the molecule is Fc1ccc(CN2C[C@H]3CCN(c4ncccn4)C[C@H]3C2)cc1F. The molecule has 0 spiro atoms. The summed E-state index contributed by atoms with van der Waals surface area (Å²) in [6, 6.07) is 6.02. The van der Waals surface area contributed by atoms with Crippen LogP contribution in [-0.2, 0) is 6.54 Å². The van der Waals surface area contributed by atoms with Gasteiger partial charge in [-0.15, -0.1) is 0 Å². The van der Waals surface area contributed by atoms with Crippen LogP contribution in [0.15, 0.2) is 36.7 Å². The molecule has 0 unspecified atom stereocenters. The summed E-state index contributed by atoms with van der Waals surface area (Å²) in [5.41, 5.74) is 0.829. The zero-order valence-corrected chi connectivity index (χ0v) is 13.4. The largest absolute Gasteiger partial charge is 0.340 e. The monoisotopic (exact) mass is 330 g/mol. The van der Waals surface area contributed by atoms with E-state index in [-0.39, 0.29) is 0 Å². The van der Waals surface area contributed by atoms with Crippen molar-refractivity contribution in [3.8, 4) is 0 Å². The van der Waals surface area contributed by atoms with Gasteiger partial charge in [0.1, 0.15) is 0 Å². The van der Waals surface area contributed by atoms with E-state index in [0.29, 0.717) is 18.4 Å². The number of nitrogens with zero attached hydrogens (tertiary/aromatic N) is 4. The summed E-state index contributed by atoms with van der Waals surface area (Å²) in [6.07, 6.45) is 4.67. The second-order valence-corrected chi connectivity index (χ2v) is 6.75. The molecule has 4 rings (SSSR count). The summed E-state index contributed by atoms with van der Waals surface area (Å²) in [7, 11) is 0. The topological polar surface area (TPSA) is 32.3 Å². The minimum absolute atomic E-state index is 0.577. The van der Waals surface area contributed by atoms with E-state index in [2.05, 4.69) is 19.8 Å². The quantitative estimate of drug-likeness (QED) is 0.866. The van der Waals surface area contributed by atoms with Crippen molar-refractivity contribution in [2.45, 2.75) is 13.0 Å². The van der Waals surface area contributed by atoms with Crippen LogP contribution < -0.4 is 4.90 Å². The van der Waals surface area contributed by atoms with Gasteiger partial charge in [0.25, 0.3) is 0 Å². The number of piperidine rings is 1. The van der Waals surface area contributed by atoms with Gasteiger partial charge in [0.05, 0.1) is 0 Å². The van der Waals surface area contributed by atoms with Gasteiger partial charge in [0.15, 0.2) is 11.6 Å². The second-order valence-electron chi connectivity index (χ2n) is 6.75. The molecule has 2 aliphatic heterocycles. The maximum atomic E-state index is 13.4. The lowest BCUT2D eigenvalue weighted by Crippen LogP contribution is -2.40. The van der Waals surface area contributed by atoms with Crippen LogP contribution in [0.3, 0.4) is 0 Å². The summed E-state index contributed by atoms with van der Waals surface area (Å²) in [5.74, 6) is 0.488. The average molecular weight is 330 g/mol. The van der Waals surface area contributed by atoms with E-state index in [0.717, 1.165) is 44.1 Å². The van der Waals surface area contributed by atoms with Crippen molar-refractivity contribution in [2.24, 2.45) is 11.8 Å². The number of benzene rings is 1. The summed E-state index contributed by atoms with van der Waals surface area (Å²) < 4.78 is 26.4. The van der Waals surface area contributed by atoms with Gasteiger partial charge in [-0.05, 0) is 42.0 Å². The van der Waals surface area contributed by atoms with Crippen LogP contribution in [0.2, 0.25) is 0 Å². The van der Waals surface area contributed by atoms with E-state index in [1.165, 1.54) is 12.1 Å². The molecule has 0 aliphatic carbocycles. The number of aromatic nitrogens is 2. The van der Waals surface area contributed by atoms with E-state index in [1.807, 2.05) is 6.07 Å². The van der Waals surface area contributed by atoms with E-state index >= 15 is 0 Å². The Morgan fingerprint density at radius 2 is 1.79 bits per heavy atom. The van der Waals surface area contributed by atoms with Crippen LogP contribution in [0, 0.1) is 23.5 Å². The first-order valence-electron chi connectivity index (χ1n) is 8.37. The molecule has 2 aromatic rings. The summed E-state index contributed by atoms with van der Waals surface area (Å²) >= 11 is 0. The third kappa shape index (κ3) is 3.11. The Bertz CT molecular complexity index is 709. The van der Waals surface area contributed by atoms with Crippen molar-refractivity contribution < 1.29 is 8.78 Å². The molecule has 4 nitrogen and oxygen atoms in total. The highest BCUT2D eigenvalue weighted by Gasteiger charge is 2.37.